The first kappa shape index (κ1) is 9.72. The second kappa shape index (κ2) is 4.61. The zero-order valence-electron chi connectivity index (χ0n) is 6.75. The predicted octanol–water partition coefficient (Wildman–Crippen LogP) is 2.47. The van der Waals surface area contributed by atoms with Gasteiger partial charge in [-0.25, -0.2) is 0 Å². The fraction of sp³-hybridized carbons (Fsp3) is 0.375. The summed E-state index contributed by atoms with van der Waals surface area (Å²) in [5.74, 6) is 0. The Morgan fingerprint density at radius 2 is 2.50 bits per heavy atom. The van der Waals surface area contributed by atoms with Crippen LogP contribution in [0.25, 0.3) is 0 Å². The Hall–Kier alpha value is -0.370. The van der Waals surface area contributed by atoms with E-state index in [1.54, 1.807) is 11.3 Å². The number of nitriles is 1. The number of hydrogen-bond acceptors (Lipinski definition) is 3. The lowest BCUT2D eigenvalue weighted by Gasteiger charge is -2.09. The van der Waals surface area contributed by atoms with Gasteiger partial charge in [-0.3, -0.25) is 4.90 Å². The number of hydrogen-bond donors (Lipinski definition) is 0. The van der Waals surface area contributed by atoms with Crippen molar-refractivity contribution in [2.24, 2.45) is 0 Å². The standard InChI is InChI=1S/C8H9BrN2S/c1-11(3-2-10)5-7-4-8(9)12-6-7/h4,6H,3,5H2,1H3. The Labute approximate surface area is 84.6 Å². The van der Waals surface area contributed by atoms with Crippen LogP contribution in [0.2, 0.25) is 0 Å². The van der Waals surface area contributed by atoms with Gasteiger partial charge in [0.25, 0.3) is 0 Å². The van der Waals surface area contributed by atoms with Crippen molar-refractivity contribution in [3.05, 3.63) is 20.8 Å². The van der Waals surface area contributed by atoms with Crippen LogP contribution < -0.4 is 0 Å². The molecule has 0 unspecified atom stereocenters. The molecule has 2 nitrogen and oxygen atoms in total. The molecule has 0 spiro atoms. The van der Waals surface area contributed by atoms with Gasteiger partial charge in [0.05, 0.1) is 16.4 Å². The number of nitrogens with zero attached hydrogens (tertiary/aromatic N) is 2. The van der Waals surface area contributed by atoms with Crippen molar-refractivity contribution < 1.29 is 0 Å². The Morgan fingerprint density at radius 1 is 1.75 bits per heavy atom. The highest BCUT2D eigenvalue weighted by Crippen LogP contribution is 2.21. The van der Waals surface area contributed by atoms with Crippen molar-refractivity contribution in [3.8, 4) is 6.07 Å². The van der Waals surface area contributed by atoms with Gasteiger partial charge in [-0.2, -0.15) is 5.26 Å². The highest BCUT2D eigenvalue weighted by Gasteiger charge is 2.00. The van der Waals surface area contributed by atoms with Gasteiger partial charge in [0, 0.05) is 6.54 Å². The van der Waals surface area contributed by atoms with Crippen LogP contribution in [-0.2, 0) is 6.54 Å². The predicted molar refractivity (Wildman–Crippen MR) is 54.0 cm³/mol. The first-order valence-corrected chi connectivity index (χ1v) is 5.18. The van der Waals surface area contributed by atoms with Crippen molar-refractivity contribution in [1.82, 2.24) is 4.90 Å². The molecule has 0 N–H and O–H groups in total. The molecule has 4 heteroatoms. The summed E-state index contributed by atoms with van der Waals surface area (Å²) in [6.07, 6.45) is 0. The zero-order valence-corrected chi connectivity index (χ0v) is 9.15. The summed E-state index contributed by atoms with van der Waals surface area (Å²) in [5.41, 5.74) is 1.25. The zero-order chi connectivity index (χ0) is 8.97. The van der Waals surface area contributed by atoms with Gasteiger partial charge >= 0.3 is 0 Å². The van der Waals surface area contributed by atoms with E-state index in [0.29, 0.717) is 6.54 Å². The summed E-state index contributed by atoms with van der Waals surface area (Å²) < 4.78 is 1.14. The maximum Gasteiger partial charge on any atom is 0.0866 e. The molecule has 1 heterocycles. The molecule has 1 aromatic rings. The normalized spacial score (nSPS) is 10.2. The maximum atomic E-state index is 8.42. The smallest absolute Gasteiger partial charge is 0.0866 e. The van der Waals surface area contributed by atoms with Gasteiger partial charge in [-0.1, -0.05) is 0 Å². The van der Waals surface area contributed by atoms with Gasteiger partial charge in [0.1, 0.15) is 0 Å². The molecule has 0 atom stereocenters. The quantitative estimate of drug-likeness (QED) is 0.765. The molecule has 0 aliphatic heterocycles. The Bertz CT molecular complexity index is 289. The first-order chi connectivity index (χ1) is 5.72. The SMILES string of the molecule is CN(CC#N)Cc1csc(Br)c1. The molecule has 0 aromatic carbocycles. The van der Waals surface area contributed by atoms with Crippen molar-refractivity contribution in [2.75, 3.05) is 13.6 Å². The third-order valence-corrected chi connectivity index (χ3v) is 2.97. The van der Waals surface area contributed by atoms with Crippen LogP contribution in [0.3, 0.4) is 0 Å². The third kappa shape index (κ3) is 2.94. The second-order valence-corrected chi connectivity index (χ2v) is 4.88. The first-order valence-electron chi connectivity index (χ1n) is 3.51. The topological polar surface area (TPSA) is 27.0 Å². The van der Waals surface area contributed by atoms with E-state index in [1.807, 2.05) is 11.9 Å². The summed E-state index contributed by atoms with van der Waals surface area (Å²) in [6, 6.07) is 4.19. The lowest BCUT2D eigenvalue weighted by molar-refractivity contribution is 0.368. The van der Waals surface area contributed by atoms with Crippen LogP contribution in [-0.4, -0.2) is 18.5 Å². The molecule has 0 fully saturated rings. The summed E-state index contributed by atoms with van der Waals surface area (Å²) in [7, 11) is 1.94. The second-order valence-electron chi connectivity index (χ2n) is 2.59. The van der Waals surface area contributed by atoms with E-state index < -0.39 is 0 Å². The molecular weight excluding hydrogens is 236 g/mol. The molecule has 0 bridgehead atoms. The van der Waals surface area contributed by atoms with Crippen LogP contribution >= 0.6 is 27.3 Å². The molecule has 12 heavy (non-hydrogen) atoms. The minimum atomic E-state index is 0.480. The Kier molecular flexibility index (Phi) is 3.73. The Balaban J connectivity index is 2.47. The molecule has 0 aliphatic carbocycles. The van der Waals surface area contributed by atoms with Crippen LogP contribution in [0.4, 0.5) is 0 Å². The van der Waals surface area contributed by atoms with E-state index in [2.05, 4.69) is 33.4 Å². The van der Waals surface area contributed by atoms with E-state index in [1.165, 1.54) is 5.56 Å². The number of rotatable bonds is 3. The van der Waals surface area contributed by atoms with Gasteiger partial charge in [-0.15, -0.1) is 11.3 Å². The van der Waals surface area contributed by atoms with E-state index in [4.69, 9.17) is 5.26 Å². The molecule has 64 valence electrons. The van der Waals surface area contributed by atoms with Gasteiger partial charge < -0.3 is 0 Å². The highest BCUT2D eigenvalue weighted by atomic mass is 79.9. The molecule has 1 rings (SSSR count). The Morgan fingerprint density at radius 3 is 3.00 bits per heavy atom. The largest absolute Gasteiger partial charge is 0.289 e. The van der Waals surface area contributed by atoms with Crippen molar-refractivity contribution >= 4 is 27.3 Å². The molecule has 0 amide bonds. The average molecular weight is 245 g/mol. The van der Waals surface area contributed by atoms with E-state index in [0.717, 1.165) is 10.3 Å². The number of halogens is 1. The molecule has 0 aliphatic rings. The van der Waals surface area contributed by atoms with E-state index >= 15 is 0 Å². The van der Waals surface area contributed by atoms with Gasteiger partial charge in [0.15, 0.2) is 0 Å². The van der Waals surface area contributed by atoms with Crippen molar-refractivity contribution in [2.45, 2.75) is 6.54 Å². The minimum Gasteiger partial charge on any atom is -0.289 e. The van der Waals surface area contributed by atoms with Crippen molar-refractivity contribution in [1.29, 1.82) is 5.26 Å². The summed E-state index contributed by atoms with van der Waals surface area (Å²) >= 11 is 5.07. The van der Waals surface area contributed by atoms with E-state index in [9.17, 15) is 0 Å². The summed E-state index contributed by atoms with van der Waals surface area (Å²) in [4.78, 5) is 1.98. The third-order valence-electron chi connectivity index (χ3n) is 1.41. The van der Waals surface area contributed by atoms with Gasteiger partial charge in [0.2, 0.25) is 0 Å². The van der Waals surface area contributed by atoms with Crippen molar-refractivity contribution in [3.63, 3.8) is 0 Å². The lowest BCUT2D eigenvalue weighted by atomic mass is 10.3. The molecule has 0 saturated heterocycles. The molecule has 1 aromatic heterocycles. The van der Waals surface area contributed by atoms with E-state index in [-0.39, 0.29) is 0 Å². The van der Waals surface area contributed by atoms with Crippen LogP contribution in [0, 0.1) is 11.3 Å². The monoisotopic (exact) mass is 244 g/mol. The molecular formula is C8H9BrN2S. The lowest BCUT2D eigenvalue weighted by Crippen LogP contribution is -2.17. The summed E-state index contributed by atoms with van der Waals surface area (Å²) in [6.45, 7) is 1.32. The van der Waals surface area contributed by atoms with Crippen LogP contribution in [0.1, 0.15) is 5.56 Å². The summed E-state index contributed by atoms with van der Waals surface area (Å²) in [5, 5.41) is 10.5. The molecule has 0 saturated carbocycles. The average Bonchev–Trinajstić information content (AvgIpc) is 2.36. The maximum absolute atomic E-state index is 8.42. The van der Waals surface area contributed by atoms with Gasteiger partial charge in [-0.05, 0) is 40.0 Å². The fourth-order valence-corrected chi connectivity index (χ4v) is 2.12. The minimum absolute atomic E-state index is 0.480. The van der Waals surface area contributed by atoms with Crippen LogP contribution in [0.5, 0.6) is 0 Å². The molecule has 0 radical (unpaired) electrons. The van der Waals surface area contributed by atoms with Crippen LogP contribution in [0.15, 0.2) is 15.2 Å². The number of thiophene rings is 1. The fourth-order valence-electron chi connectivity index (χ4n) is 0.917. The highest BCUT2D eigenvalue weighted by molar-refractivity contribution is 9.11.